The highest BCUT2D eigenvalue weighted by atomic mass is 16.5. The van der Waals surface area contributed by atoms with E-state index in [0.717, 1.165) is 0 Å². The predicted molar refractivity (Wildman–Crippen MR) is 99.4 cm³/mol. The van der Waals surface area contributed by atoms with Gasteiger partial charge in [-0.1, -0.05) is 17.2 Å². The molecule has 3 heterocycles. The van der Waals surface area contributed by atoms with Gasteiger partial charge in [-0.3, -0.25) is 4.79 Å². The van der Waals surface area contributed by atoms with E-state index in [-0.39, 0.29) is 23.0 Å². The third-order valence-electron chi connectivity index (χ3n) is 4.54. The molecule has 0 saturated carbocycles. The number of nitrogens with one attached hydrogen (secondary N) is 1. The molecule has 0 bridgehead atoms. The van der Waals surface area contributed by atoms with E-state index in [1.54, 1.807) is 30.3 Å². The van der Waals surface area contributed by atoms with Crippen LogP contribution in [0, 0.1) is 0 Å². The van der Waals surface area contributed by atoms with Crippen LogP contribution < -0.4 is 5.32 Å². The zero-order valence-electron chi connectivity index (χ0n) is 15.9. The van der Waals surface area contributed by atoms with E-state index in [1.165, 1.54) is 31.2 Å². The molecule has 152 valence electrons. The van der Waals surface area contributed by atoms with Crippen molar-refractivity contribution in [3.8, 4) is 0 Å². The van der Waals surface area contributed by atoms with Gasteiger partial charge in [-0.15, -0.1) is 0 Å². The van der Waals surface area contributed by atoms with Gasteiger partial charge < -0.3 is 19.2 Å². The quantitative estimate of drug-likeness (QED) is 0.485. The number of ether oxygens (including phenoxy) is 2. The molecule has 11 heteroatoms. The lowest BCUT2D eigenvalue weighted by Crippen LogP contribution is -2.32. The van der Waals surface area contributed by atoms with Gasteiger partial charge in [0.15, 0.2) is 5.76 Å². The van der Waals surface area contributed by atoms with Crippen molar-refractivity contribution in [2.75, 3.05) is 19.5 Å². The molecular formula is C19H15N5O6. The van der Waals surface area contributed by atoms with E-state index >= 15 is 0 Å². The van der Waals surface area contributed by atoms with Crippen molar-refractivity contribution < 1.29 is 28.3 Å². The van der Waals surface area contributed by atoms with Gasteiger partial charge in [0.25, 0.3) is 0 Å². The SMILES string of the molecule is COC(=O)C1=C(C(=O)c2ccco2)[C@@H](c2ccc(C(=O)OC)cc2)n2nnnc2N1. The number of anilines is 1. The topological polar surface area (TPSA) is 138 Å². The average Bonchev–Trinajstić information content (AvgIpc) is 3.48. The molecule has 0 amide bonds. The molecule has 0 radical (unpaired) electrons. The highest BCUT2D eigenvalue weighted by molar-refractivity contribution is 6.13. The van der Waals surface area contributed by atoms with Gasteiger partial charge >= 0.3 is 11.9 Å². The summed E-state index contributed by atoms with van der Waals surface area (Å²) in [7, 11) is 2.48. The fraction of sp³-hybridized carbons (Fsp3) is 0.158. The van der Waals surface area contributed by atoms with Gasteiger partial charge in [0.1, 0.15) is 11.7 Å². The summed E-state index contributed by atoms with van der Waals surface area (Å²) >= 11 is 0. The van der Waals surface area contributed by atoms with Crippen LogP contribution in [0.3, 0.4) is 0 Å². The second-order valence-electron chi connectivity index (χ2n) is 6.17. The molecule has 1 atom stereocenters. The Morgan fingerprint density at radius 2 is 1.80 bits per heavy atom. The maximum absolute atomic E-state index is 13.3. The Kier molecular flexibility index (Phi) is 4.84. The Labute approximate surface area is 169 Å². The van der Waals surface area contributed by atoms with E-state index < -0.39 is 23.8 Å². The van der Waals surface area contributed by atoms with E-state index in [1.807, 2.05) is 0 Å². The molecule has 0 aliphatic carbocycles. The van der Waals surface area contributed by atoms with Gasteiger partial charge in [-0.2, -0.15) is 4.68 Å². The molecule has 2 aromatic heterocycles. The second-order valence-corrected chi connectivity index (χ2v) is 6.17. The number of Topliss-reactive ketones (excluding diaryl/α,β-unsaturated/α-hetero) is 1. The minimum atomic E-state index is -0.880. The molecule has 0 saturated heterocycles. The van der Waals surface area contributed by atoms with Crippen LogP contribution in [0.5, 0.6) is 0 Å². The first-order chi connectivity index (χ1) is 14.5. The van der Waals surface area contributed by atoms with Gasteiger partial charge in [0.2, 0.25) is 11.7 Å². The molecule has 1 aliphatic heterocycles. The van der Waals surface area contributed by atoms with E-state index in [4.69, 9.17) is 13.9 Å². The first kappa shape index (κ1) is 19.1. The first-order valence-electron chi connectivity index (χ1n) is 8.69. The first-order valence-corrected chi connectivity index (χ1v) is 8.69. The van der Waals surface area contributed by atoms with Gasteiger partial charge in [0.05, 0.1) is 31.6 Å². The number of carbonyl (C=O) groups excluding carboxylic acids is 3. The van der Waals surface area contributed by atoms with Crippen molar-refractivity contribution >= 4 is 23.7 Å². The summed E-state index contributed by atoms with van der Waals surface area (Å²) in [5, 5.41) is 14.2. The molecule has 0 fully saturated rings. The van der Waals surface area contributed by atoms with Crippen molar-refractivity contribution in [2.45, 2.75) is 6.04 Å². The minimum Gasteiger partial charge on any atom is -0.465 e. The van der Waals surface area contributed by atoms with Gasteiger partial charge in [-0.25, -0.2) is 9.59 Å². The molecule has 4 rings (SSSR count). The number of nitrogens with zero attached hydrogens (tertiary/aromatic N) is 4. The number of esters is 2. The summed E-state index contributed by atoms with van der Waals surface area (Å²) in [6.07, 6.45) is 1.35. The van der Waals surface area contributed by atoms with E-state index in [9.17, 15) is 14.4 Å². The average molecular weight is 409 g/mol. The monoisotopic (exact) mass is 409 g/mol. The number of benzene rings is 1. The molecule has 0 unspecified atom stereocenters. The van der Waals surface area contributed by atoms with Crippen molar-refractivity contribution in [1.29, 1.82) is 0 Å². The Balaban J connectivity index is 1.90. The van der Waals surface area contributed by atoms with Crippen LogP contribution in [0.15, 0.2) is 58.3 Å². The van der Waals surface area contributed by atoms with Crippen LogP contribution in [-0.4, -0.2) is 52.1 Å². The number of allylic oxidation sites excluding steroid dienone is 1. The number of ketones is 1. The third-order valence-corrected chi connectivity index (χ3v) is 4.54. The summed E-state index contributed by atoms with van der Waals surface area (Å²) in [6.45, 7) is 0. The maximum atomic E-state index is 13.3. The zero-order chi connectivity index (χ0) is 21.3. The lowest BCUT2D eigenvalue weighted by Gasteiger charge is -2.27. The number of hydrogen-bond acceptors (Lipinski definition) is 10. The molecule has 0 spiro atoms. The van der Waals surface area contributed by atoms with Crippen molar-refractivity contribution in [2.24, 2.45) is 0 Å². The number of rotatable bonds is 5. The van der Waals surface area contributed by atoms with Crippen LogP contribution in [0.4, 0.5) is 5.95 Å². The molecule has 1 N–H and O–H groups in total. The predicted octanol–water partition coefficient (Wildman–Crippen LogP) is 1.38. The molecule has 30 heavy (non-hydrogen) atoms. The summed E-state index contributed by atoms with van der Waals surface area (Å²) in [4.78, 5) is 37.5. The molecule has 1 aromatic carbocycles. The number of furan rings is 1. The molecule has 11 nitrogen and oxygen atoms in total. The van der Waals surface area contributed by atoms with Crippen LogP contribution in [0.25, 0.3) is 0 Å². The Morgan fingerprint density at radius 1 is 1.07 bits per heavy atom. The largest absolute Gasteiger partial charge is 0.465 e. The van der Waals surface area contributed by atoms with Crippen LogP contribution in [0.2, 0.25) is 0 Å². The van der Waals surface area contributed by atoms with E-state index in [0.29, 0.717) is 11.1 Å². The second kappa shape index (κ2) is 7.62. The van der Waals surface area contributed by atoms with Gasteiger partial charge in [0, 0.05) is 0 Å². The van der Waals surface area contributed by atoms with Gasteiger partial charge in [-0.05, 0) is 40.3 Å². The zero-order valence-corrected chi connectivity index (χ0v) is 15.9. The van der Waals surface area contributed by atoms with Crippen molar-refractivity contribution in [3.05, 3.63) is 70.8 Å². The number of tetrazole rings is 1. The molecule has 3 aromatic rings. The van der Waals surface area contributed by atoms with Crippen LogP contribution in [-0.2, 0) is 14.3 Å². The highest BCUT2D eigenvalue weighted by Crippen LogP contribution is 2.36. The fourth-order valence-corrected chi connectivity index (χ4v) is 3.16. The minimum absolute atomic E-state index is 0.0286. The Morgan fingerprint density at radius 3 is 2.43 bits per heavy atom. The molecule has 1 aliphatic rings. The fourth-order valence-electron chi connectivity index (χ4n) is 3.16. The number of carbonyl (C=O) groups is 3. The standard InChI is InChI=1S/C19H15N5O6/c1-28-17(26)11-7-5-10(6-8-11)15-13(16(25)12-4-3-9-30-12)14(18(27)29-2)20-19-21-22-23-24(15)19/h3-9,15H,1-2H3,(H,20,21,23)/t15-/m1/s1. The van der Waals surface area contributed by atoms with Crippen LogP contribution in [0.1, 0.15) is 32.5 Å². The maximum Gasteiger partial charge on any atom is 0.355 e. The summed E-state index contributed by atoms with van der Waals surface area (Å²) in [5.74, 6) is -1.64. The molecular weight excluding hydrogens is 394 g/mol. The van der Waals surface area contributed by atoms with E-state index in [2.05, 4.69) is 20.8 Å². The summed E-state index contributed by atoms with van der Waals surface area (Å²) in [5.41, 5.74) is 0.794. The van der Waals surface area contributed by atoms with Crippen LogP contribution >= 0.6 is 0 Å². The number of methoxy groups -OCH3 is 2. The smallest absolute Gasteiger partial charge is 0.355 e. The number of hydrogen-bond donors (Lipinski definition) is 1. The summed E-state index contributed by atoms with van der Waals surface area (Å²) < 4.78 is 16.2. The normalized spacial score (nSPS) is 15.2. The Hall–Kier alpha value is -4.28. The number of aromatic nitrogens is 4. The number of fused-ring (bicyclic) bond motifs is 1. The lowest BCUT2D eigenvalue weighted by atomic mass is 9.91. The third kappa shape index (κ3) is 3.11. The highest BCUT2D eigenvalue weighted by Gasteiger charge is 2.39. The lowest BCUT2D eigenvalue weighted by molar-refractivity contribution is -0.136. The van der Waals surface area contributed by atoms with Crippen molar-refractivity contribution in [3.63, 3.8) is 0 Å². The summed E-state index contributed by atoms with van der Waals surface area (Å²) in [6, 6.07) is 8.49. The Bertz CT molecular complexity index is 1150. The van der Waals surface area contributed by atoms with Crippen molar-refractivity contribution in [1.82, 2.24) is 20.2 Å².